The molecule has 1 aliphatic carbocycles. The molecule has 1 fully saturated rings. The second kappa shape index (κ2) is 4.89. The van der Waals surface area contributed by atoms with Crippen LogP contribution in [0.5, 0.6) is 0 Å². The maximum Gasteiger partial charge on any atom is 0.340 e. The van der Waals surface area contributed by atoms with E-state index in [9.17, 15) is 23.8 Å². The molecule has 0 spiro atoms. The topological polar surface area (TPSA) is 57.5 Å². The van der Waals surface area contributed by atoms with Gasteiger partial charge in [0.05, 0.1) is 0 Å². The highest BCUT2D eigenvalue weighted by Crippen LogP contribution is 2.45. The number of aliphatic hydroxyl groups is 1. The normalized spacial score (nSPS) is 25.5. The van der Waals surface area contributed by atoms with Crippen LogP contribution in [-0.4, -0.2) is 22.1 Å². The molecule has 0 aromatic heterocycles. The zero-order valence-electron chi connectivity index (χ0n) is 10.4. The van der Waals surface area contributed by atoms with Crippen molar-refractivity contribution in [3.8, 4) is 0 Å². The van der Waals surface area contributed by atoms with Crippen molar-refractivity contribution in [1.82, 2.24) is 0 Å². The van der Waals surface area contributed by atoms with Gasteiger partial charge < -0.3 is 10.2 Å². The third-order valence-electron chi connectivity index (χ3n) is 3.77. The molecule has 0 aliphatic heterocycles. The van der Waals surface area contributed by atoms with Crippen molar-refractivity contribution in [2.45, 2.75) is 37.2 Å². The number of carboxylic acids is 1. The van der Waals surface area contributed by atoms with Crippen molar-refractivity contribution < 1.29 is 23.8 Å². The zero-order chi connectivity index (χ0) is 14.1. The Morgan fingerprint density at radius 1 is 1.32 bits per heavy atom. The molecule has 19 heavy (non-hydrogen) atoms. The molecular formula is C14H16F2O3. The fourth-order valence-corrected chi connectivity index (χ4v) is 2.75. The van der Waals surface area contributed by atoms with Crippen LogP contribution in [0.25, 0.3) is 0 Å². The standard InChI is InChI=1S/C14H16F2O3/c15-13(16)8-4-7-11(9-13)14(19,12(17)18)10-5-2-1-3-6-10/h1-3,5-6,11,19H,4,7-9H2,(H,17,18)/t11?,14-/m0/s1. The van der Waals surface area contributed by atoms with Gasteiger partial charge in [-0.15, -0.1) is 0 Å². The molecule has 0 bridgehead atoms. The first kappa shape index (κ1) is 13.9. The van der Waals surface area contributed by atoms with E-state index in [1.807, 2.05) is 0 Å². The van der Waals surface area contributed by atoms with Crippen molar-refractivity contribution in [2.75, 3.05) is 0 Å². The summed E-state index contributed by atoms with van der Waals surface area (Å²) in [6.07, 6.45) is -0.327. The Morgan fingerprint density at radius 2 is 1.95 bits per heavy atom. The number of rotatable bonds is 3. The van der Waals surface area contributed by atoms with Gasteiger partial charge in [0, 0.05) is 18.8 Å². The van der Waals surface area contributed by atoms with Gasteiger partial charge in [0.15, 0.2) is 5.60 Å². The van der Waals surface area contributed by atoms with E-state index in [1.165, 1.54) is 12.1 Å². The van der Waals surface area contributed by atoms with E-state index in [4.69, 9.17) is 0 Å². The van der Waals surface area contributed by atoms with Gasteiger partial charge in [-0.3, -0.25) is 0 Å². The quantitative estimate of drug-likeness (QED) is 0.888. The lowest BCUT2D eigenvalue weighted by molar-refractivity contribution is -0.175. The summed E-state index contributed by atoms with van der Waals surface area (Å²) in [6, 6.07) is 7.78. The Balaban J connectivity index is 2.38. The molecular weight excluding hydrogens is 254 g/mol. The number of alkyl halides is 2. The Morgan fingerprint density at radius 3 is 2.47 bits per heavy atom. The summed E-state index contributed by atoms with van der Waals surface area (Å²) in [6.45, 7) is 0. The lowest BCUT2D eigenvalue weighted by Crippen LogP contribution is -2.46. The van der Waals surface area contributed by atoms with Crippen LogP contribution >= 0.6 is 0 Å². The summed E-state index contributed by atoms with van der Waals surface area (Å²) in [7, 11) is 0. The highest BCUT2D eigenvalue weighted by Gasteiger charge is 2.51. The zero-order valence-corrected chi connectivity index (χ0v) is 10.4. The Hall–Kier alpha value is -1.49. The van der Waals surface area contributed by atoms with Gasteiger partial charge in [-0.25, -0.2) is 13.6 Å². The predicted octanol–water partition coefficient (Wildman–Crippen LogP) is 2.78. The Bertz CT molecular complexity index is 461. The van der Waals surface area contributed by atoms with E-state index in [2.05, 4.69) is 0 Å². The molecule has 1 unspecified atom stereocenters. The van der Waals surface area contributed by atoms with Crippen molar-refractivity contribution in [3.05, 3.63) is 35.9 Å². The highest BCUT2D eigenvalue weighted by atomic mass is 19.3. The first-order valence-corrected chi connectivity index (χ1v) is 6.25. The number of hydrogen-bond donors (Lipinski definition) is 2. The molecule has 2 N–H and O–H groups in total. The number of carboxylic acid groups (broad SMARTS) is 1. The summed E-state index contributed by atoms with van der Waals surface area (Å²) in [4.78, 5) is 11.4. The summed E-state index contributed by atoms with van der Waals surface area (Å²) < 4.78 is 26.9. The lowest BCUT2D eigenvalue weighted by atomic mass is 9.72. The summed E-state index contributed by atoms with van der Waals surface area (Å²) in [5, 5.41) is 19.8. The minimum atomic E-state index is -2.90. The number of aliphatic carboxylic acids is 1. The predicted molar refractivity (Wildman–Crippen MR) is 64.9 cm³/mol. The maximum atomic E-state index is 13.5. The minimum absolute atomic E-state index is 0.158. The van der Waals surface area contributed by atoms with Gasteiger partial charge in [0.1, 0.15) is 0 Å². The first-order chi connectivity index (χ1) is 8.86. The minimum Gasteiger partial charge on any atom is -0.479 e. The van der Waals surface area contributed by atoms with Crippen LogP contribution < -0.4 is 0 Å². The molecule has 2 atom stereocenters. The van der Waals surface area contributed by atoms with Crippen LogP contribution in [0.4, 0.5) is 8.78 Å². The molecule has 0 amide bonds. The SMILES string of the molecule is O=C(O)[C@](O)(c1ccccc1)C1CCCC(F)(F)C1. The average molecular weight is 270 g/mol. The lowest BCUT2D eigenvalue weighted by Gasteiger charge is -2.38. The third-order valence-corrected chi connectivity index (χ3v) is 3.77. The molecule has 1 aromatic carbocycles. The molecule has 0 heterocycles. The summed E-state index contributed by atoms with van der Waals surface area (Å²) in [5.74, 6) is -5.35. The van der Waals surface area contributed by atoms with Crippen molar-refractivity contribution in [1.29, 1.82) is 0 Å². The molecule has 0 saturated heterocycles. The highest BCUT2D eigenvalue weighted by molar-refractivity contribution is 5.79. The fourth-order valence-electron chi connectivity index (χ4n) is 2.75. The Kier molecular flexibility index (Phi) is 3.58. The molecule has 2 rings (SSSR count). The molecule has 104 valence electrons. The number of benzene rings is 1. The monoisotopic (exact) mass is 270 g/mol. The van der Waals surface area contributed by atoms with E-state index in [1.54, 1.807) is 18.2 Å². The van der Waals surface area contributed by atoms with Gasteiger partial charge in [-0.2, -0.15) is 0 Å². The van der Waals surface area contributed by atoms with E-state index in [0.717, 1.165) is 0 Å². The van der Waals surface area contributed by atoms with Crippen LogP contribution in [0.3, 0.4) is 0 Å². The molecule has 1 aliphatic rings. The molecule has 1 saturated carbocycles. The van der Waals surface area contributed by atoms with Crippen LogP contribution in [0.1, 0.15) is 31.2 Å². The van der Waals surface area contributed by atoms with E-state index < -0.39 is 29.8 Å². The summed E-state index contributed by atoms with van der Waals surface area (Å²) in [5.41, 5.74) is -2.09. The maximum absolute atomic E-state index is 13.5. The number of hydrogen-bond acceptors (Lipinski definition) is 2. The van der Waals surface area contributed by atoms with E-state index in [-0.39, 0.29) is 24.8 Å². The van der Waals surface area contributed by atoms with E-state index >= 15 is 0 Å². The largest absolute Gasteiger partial charge is 0.479 e. The Labute approximate surface area is 109 Å². The molecule has 1 aromatic rings. The fraction of sp³-hybridized carbons (Fsp3) is 0.500. The van der Waals surface area contributed by atoms with Crippen LogP contribution in [0, 0.1) is 5.92 Å². The number of carbonyl (C=O) groups is 1. The second-order valence-corrected chi connectivity index (χ2v) is 5.09. The second-order valence-electron chi connectivity index (χ2n) is 5.09. The average Bonchev–Trinajstić information content (AvgIpc) is 2.37. The van der Waals surface area contributed by atoms with Gasteiger partial charge >= 0.3 is 5.97 Å². The van der Waals surface area contributed by atoms with Crippen LogP contribution in [-0.2, 0) is 10.4 Å². The van der Waals surface area contributed by atoms with Crippen molar-refractivity contribution >= 4 is 5.97 Å². The molecule has 5 heteroatoms. The number of halogens is 2. The van der Waals surface area contributed by atoms with Gasteiger partial charge in [0.2, 0.25) is 5.92 Å². The van der Waals surface area contributed by atoms with Gasteiger partial charge in [0.25, 0.3) is 0 Å². The van der Waals surface area contributed by atoms with E-state index in [0.29, 0.717) is 0 Å². The van der Waals surface area contributed by atoms with Crippen LogP contribution in [0.2, 0.25) is 0 Å². The van der Waals surface area contributed by atoms with Crippen LogP contribution in [0.15, 0.2) is 30.3 Å². The third kappa shape index (κ3) is 2.61. The van der Waals surface area contributed by atoms with Crippen molar-refractivity contribution in [3.63, 3.8) is 0 Å². The smallest absolute Gasteiger partial charge is 0.340 e. The molecule has 0 radical (unpaired) electrons. The van der Waals surface area contributed by atoms with Gasteiger partial charge in [-0.1, -0.05) is 30.3 Å². The first-order valence-electron chi connectivity index (χ1n) is 6.25. The molecule has 3 nitrogen and oxygen atoms in total. The van der Waals surface area contributed by atoms with Crippen molar-refractivity contribution in [2.24, 2.45) is 5.92 Å². The summed E-state index contributed by atoms with van der Waals surface area (Å²) >= 11 is 0. The van der Waals surface area contributed by atoms with Gasteiger partial charge in [-0.05, 0) is 18.4 Å².